The van der Waals surface area contributed by atoms with E-state index in [1.807, 2.05) is 6.20 Å². The first-order chi connectivity index (χ1) is 9.22. The van der Waals surface area contributed by atoms with E-state index in [0.717, 1.165) is 19.5 Å². The van der Waals surface area contributed by atoms with E-state index in [1.165, 1.54) is 31.5 Å². The van der Waals surface area contributed by atoms with E-state index < -0.39 is 0 Å². The van der Waals surface area contributed by atoms with Crippen molar-refractivity contribution >= 4 is 0 Å². The molecule has 0 saturated heterocycles. The summed E-state index contributed by atoms with van der Waals surface area (Å²) in [7, 11) is 0. The zero-order valence-electron chi connectivity index (χ0n) is 13.2. The van der Waals surface area contributed by atoms with Crippen LogP contribution < -0.4 is 5.32 Å². The quantitative estimate of drug-likeness (QED) is 0.700. The fourth-order valence-corrected chi connectivity index (χ4v) is 2.63. The van der Waals surface area contributed by atoms with Gasteiger partial charge in [0.2, 0.25) is 0 Å². The highest BCUT2D eigenvalue weighted by atomic mass is 15.1. The summed E-state index contributed by atoms with van der Waals surface area (Å²) >= 11 is 0. The van der Waals surface area contributed by atoms with Gasteiger partial charge in [0.25, 0.3) is 0 Å². The first-order valence-corrected chi connectivity index (χ1v) is 7.96. The van der Waals surface area contributed by atoms with Crippen LogP contribution >= 0.6 is 0 Å². The van der Waals surface area contributed by atoms with Crippen molar-refractivity contribution in [2.45, 2.75) is 72.4 Å². The molecular weight excluding hydrogens is 234 g/mol. The maximum atomic E-state index is 4.55. The van der Waals surface area contributed by atoms with Crippen molar-refractivity contribution in [3.8, 4) is 0 Å². The van der Waals surface area contributed by atoms with Gasteiger partial charge in [0.1, 0.15) is 5.82 Å². The second-order valence-electron chi connectivity index (χ2n) is 5.57. The SMILES string of the molecule is CCCNC(Cc1nccn1CCC)C(C)CCC. The smallest absolute Gasteiger partial charge is 0.110 e. The van der Waals surface area contributed by atoms with Crippen LogP contribution in [0.3, 0.4) is 0 Å². The summed E-state index contributed by atoms with van der Waals surface area (Å²) in [6.07, 6.45) is 10.0. The van der Waals surface area contributed by atoms with Gasteiger partial charge in [-0.3, -0.25) is 0 Å². The molecule has 0 radical (unpaired) electrons. The van der Waals surface area contributed by atoms with E-state index in [2.05, 4.69) is 48.8 Å². The zero-order chi connectivity index (χ0) is 14.1. The van der Waals surface area contributed by atoms with Gasteiger partial charge in [-0.2, -0.15) is 0 Å². The summed E-state index contributed by atoms with van der Waals surface area (Å²) in [6.45, 7) is 11.3. The van der Waals surface area contributed by atoms with Crippen LogP contribution in [0.5, 0.6) is 0 Å². The molecule has 0 saturated carbocycles. The van der Waals surface area contributed by atoms with Crippen molar-refractivity contribution in [3.63, 3.8) is 0 Å². The lowest BCUT2D eigenvalue weighted by Crippen LogP contribution is -2.38. The second kappa shape index (κ2) is 9.13. The summed E-state index contributed by atoms with van der Waals surface area (Å²) in [4.78, 5) is 4.55. The Hall–Kier alpha value is -0.830. The Bertz CT molecular complexity index is 332. The predicted molar refractivity (Wildman–Crippen MR) is 82.4 cm³/mol. The Balaban J connectivity index is 2.66. The van der Waals surface area contributed by atoms with E-state index >= 15 is 0 Å². The minimum atomic E-state index is 0.554. The average molecular weight is 265 g/mol. The van der Waals surface area contributed by atoms with E-state index in [9.17, 15) is 0 Å². The molecule has 0 aliphatic rings. The van der Waals surface area contributed by atoms with Crippen molar-refractivity contribution in [2.24, 2.45) is 5.92 Å². The Labute approximate surface area is 118 Å². The number of hydrogen-bond donors (Lipinski definition) is 1. The van der Waals surface area contributed by atoms with Gasteiger partial charge in [-0.05, 0) is 31.7 Å². The lowest BCUT2D eigenvalue weighted by Gasteiger charge is -2.25. The number of rotatable bonds is 10. The monoisotopic (exact) mass is 265 g/mol. The largest absolute Gasteiger partial charge is 0.335 e. The van der Waals surface area contributed by atoms with Crippen molar-refractivity contribution in [2.75, 3.05) is 6.54 Å². The molecule has 3 nitrogen and oxygen atoms in total. The number of hydrogen-bond acceptors (Lipinski definition) is 2. The molecule has 1 aromatic rings. The molecule has 0 aromatic carbocycles. The van der Waals surface area contributed by atoms with Gasteiger partial charge in [0, 0.05) is 31.4 Å². The topological polar surface area (TPSA) is 29.9 Å². The fraction of sp³-hybridized carbons (Fsp3) is 0.812. The molecule has 19 heavy (non-hydrogen) atoms. The molecular formula is C16H31N3. The molecule has 0 amide bonds. The van der Waals surface area contributed by atoms with E-state index in [1.54, 1.807) is 0 Å². The van der Waals surface area contributed by atoms with Crippen LogP contribution in [0, 0.1) is 5.92 Å². The van der Waals surface area contributed by atoms with E-state index in [0.29, 0.717) is 12.0 Å². The first kappa shape index (κ1) is 16.2. The molecule has 1 N–H and O–H groups in total. The Morgan fingerprint density at radius 3 is 2.63 bits per heavy atom. The lowest BCUT2D eigenvalue weighted by atomic mass is 9.94. The van der Waals surface area contributed by atoms with E-state index in [-0.39, 0.29) is 0 Å². The highest BCUT2D eigenvalue weighted by Gasteiger charge is 2.18. The molecule has 2 unspecified atom stereocenters. The molecule has 1 aromatic heterocycles. The van der Waals surface area contributed by atoms with Gasteiger partial charge < -0.3 is 9.88 Å². The number of nitrogens with one attached hydrogen (secondary N) is 1. The molecule has 0 spiro atoms. The van der Waals surface area contributed by atoms with Crippen LogP contribution in [-0.4, -0.2) is 22.1 Å². The van der Waals surface area contributed by atoms with Crippen molar-refractivity contribution in [3.05, 3.63) is 18.2 Å². The minimum Gasteiger partial charge on any atom is -0.335 e. The molecule has 0 aliphatic heterocycles. The highest BCUT2D eigenvalue weighted by Crippen LogP contribution is 2.15. The number of aryl methyl sites for hydroxylation is 1. The third kappa shape index (κ3) is 5.35. The summed E-state index contributed by atoms with van der Waals surface area (Å²) in [5.41, 5.74) is 0. The molecule has 1 heterocycles. The Morgan fingerprint density at radius 1 is 1.21 bits per heavy atom. The van der Waals surface area contributed by atoms with Gasteiger partial charge in [0.05, 0.1) is 0 Å². The number of imidazole rings is 1. The molecule has 110 valence electrons. The molecule has 3 heteroatoms. The van der Waals surface area contributed by atoms with Crippen LogP contribution in [0.15, 0.2) is 12.4 Å². The minimum absolute atomic E-state index is 0.554. The van der Waals surface area contributed by atoms with Crippen molar-refractivity contribution in [1.29, 1.82) is 0 Å². The third-order valence-electron chi connectivity index (χ3n) is 3.76. The summed E-state index contributed by atoms with van der Waals surface area (Å²) in [5, 5.41) is 3.71. The summed E-state index contributed by atoms with van der Waals surface area (Å²) in [6, 6.07) is 0.554. The standard InChI is InChI=1S/C16H31N3/c1-5-8-14(4)15(17-9-6-2)13-16-18-10-12-19(16)11-7-3/h10,12,14-15,17H,5-9,11,13H2,1-4H3. The second-order valence-corrected chi connectivity index (χ2v) is 5.57. The van der Waals surface area contributed by atoms with Crippen LogP contribution in [-0.2, 0) is 13.0 Å². The van der Waals surface area contributed by atoms with Gasteiger partial charge >= 0.3 is 0 Å². The molecule has 0 fully saturated rings. The van der Waals surface area contributed by atoms with Crippen molar-refractivity contribution < 1.29 is 0 Å². The number of nitrogens with zero attached hydrogens (tertiary/aromatic N) is 2. The lowest BCUT2D eigenvalue weighted by molar-refractivity contribution is 0.344. The number of aromatic nitrogens is 2. The average Bonchev–Trinajstić information content (AvgIpc) is 2.82. The van der Waals surface area contributed by atoms with Crippen molar-refractivity contribution in [1.82, 2.24) is 14.9 Å². The summed E-state index contributed by atoms with van der Waals surface area (Å²) in [5.74, 6) is 1.95. The van der Waals surface area contributed by atoms with Gasteiger partial charge in [-0.25, -0.2) is 4.98 Å². The Kier molecular flexibility index (Phi) is 7.80. The van der Waals surface area contributed by atoms with Gasteiger partial charge in [-0.15, -0.1) is 0 Å². The van der Waals surface area contributed by atoms with Gasteiger partial charge in [0.15, 0.2) is 0 Å². The van der Waals surface area contributed by atoms with Crippen LogP contribution in [0.4, 0.5) is 0 Å². The van der Waals surface area contributed by atoms with E-state index in [4.69, 9.17) is 0 Å². The van der Waals surface area contributed by atoms with Crippen LogP contribution in [0.2, 0.25) is 0 Å². The Morgan fingerprint density at radius 2 is 2.00 bits per heavy atom. The van der Waals surface area contributed by atoms with Crippen LogP contribution in [0.1, 0.15) is 59.2 Å². The third-order valence-corrected chi connectivity index (χ3v) is 3.76. The van der Waals surface area contributed by atoms with Gasteiger partial charge in [-0.1, -0.05) is 34.1 Å². The zero-order valence-corrected chi connectivity index (χ0v) is 13.2. The molecule has 1 rings (SSSR count). The predicted octanol–water partition coefficient (Wildman–Crippen LogP) is 3.64. The molecule has 0 bridgehead atoms. The summed E-state index contributed by atoms with van der Waals surface area (Å²) < 4.78 is 2.30. The molecule has 2 atom stereocenters. The maximum absolute atomic E-state index is 4.55. The molecule has 0 aliphatic carbocycles. The maximum Gasteiger partial charge on any atom is 0.110 e. The van der Waals surface area contributed by atoms with Crippen LogP contribution in [0.25, 0.3) is 0 Å². The normalized spacial score (nSPS) is 14.5. The first-order valence-electron chi connectivity index (χ1n) is 7.96. The highest BCUT2D eigenvalue weighted by molar-refractivity contribution is 4.96. The fourth-order valence-electron chi connectivity index (χ4n) is 2.63.